The van der Waals surface area contributed by atoms with Gasteiger partial charge < -0.3 is 14.4 Å². The molecule has 1 aliphatic heterocycles. The Kier molecular flexibility index (Phi) is 8.72. The molecule has 0 radical (unpaired) electrons. The molecule has 1 unspecified atom stereocenters. The Morgan fingerprint density at radius 1 is 0.394 bits per heavy atom. The summed E-state index contributed by atoms with van der Waals surface area (Å²) >= 11 is 0. The molecule has 1 aliphatic carbocycles. The number of pyridine rings is 1. The fourth-order valence-corrected chi connectivity index (χ4v) is 10.6. The Hall–Kier alpha value is -8.73. The SMILES string of the molecule is c1ccc(-c2cc(C3(c4cnc5c(N(c6ccccc6)c6ccccc6)cccc5c4)c4ccccc4-c4c3ccc3c4Oc4ccccc4O3)ccc2-c2cccc3ccccc23)cc1. The van der Waals surface area contributed by atoms with Crippen LogP contribution in [0.5, 0.6) is 23.0 Å². The van der Waals surface area contributed by atoms with Gasteiger partial charge in [-0.15, -0.1) is 0 Å². The number of rotatable bonds is 7. The summed E-state index contributed by atoms with van der Waals surface area (Å²) in [6.45, 7) is 0. The first kappa shape index (κ1) is 37.8. The summed E-state index contributed by atoms with van der Waals surface area (Å²) in [6, 6.07) is 84.1. The highest BCUT2D eigenvalue weighted by Gasteiger charge is 2.49. The molecule has 1 aromatic heterocycles. The molecule has 11 aromatic rings. The molecule has 4 heteroatoms. The van der Waals surface area contributed by atoms with Crippen LogP contribution in [0.3, 0.4) is 0 Å². The minimum Gasteiger partial charge on any atom is -0.449 e. The average Bonchev–Trinajstić information content (AvgIpc) is 3.70. The van der Waals surface area contributed by atoms with Gasteiger partial charge in [-0.25, -0.2) is 0 Å². The van der Waals surface area contributed by atoms with Crippen molar-refractivity contribution < 1.29 is 9.47 Å². The highest BCUT2D eigenvalue weighted by Crippen LogP contribution is 2.63. The molecule has 0 spiro atoms. The molecule has 13 rings (SSSR count). The summed E-state index contributed by atoms with van der Waals surface area (Å²) in [4.78, 5) is 7.81. The van der Waals surface area contributed by atoms with Gasteiger partial charge in [-0.3, -0.25) is 4.98 Å². The number of para-hydroxylation sites is 5. The van der Waals surface area contributed by atoms with Crippen molar-refractivity contribution in [2.75, 3.05) is 4.90 Å². The Labute approximate surface area is 383 Å². The summed E-state index contributed by atoms with van der Waals surface area (Å²) in [6.07, 6.45) is 2.11. The van der Waals surface area contributed by atoms with E-state index in [9.17, 15) is 0 Å². The summed E-state index contributed by atoms with van der Waals surface area (Å²) in [5.74, 6) is 2.81. The van der Waals surface area contributed by atoms with Gasteiger partial charge in [0.05, 0.1) is 16.6 Å². The molecule has 0 saturated heterocycles. The van der Waals surface area contributed by atoms with E-state index in [0.29, 0.717) is 23.0 Å². The first-order valence-corrected chi connectivity index (χ1v) is 22.4. The topological polar surface area (TPSA) is 34.6 Å². The molecule has 2 aliphatic rings. The Morgan fingerprint density at radius 3 is 1.83 bits per heavy atom. The van der Waals surface area contributed by atoms with Crippen LogP contribution in [0.4, 0.5) is 17.1 Å². The summed E-state index contributed by atoms with van der Waals surface area (Å²) in [5, 5.41) is 3.46. The van der Waals surface area contributed by atoms with Crippen LogP contribution in [0.15, 0.2) is 243 Å². The maximum atomic E-state index is 6.90. The molecule has 1 atom stereocenters. The second kappa shape index (κ2) is 15.2. The minimum atomic E-state index is -0.822. The van der Waals surface area contributed by atoms with E-state index in [-0.39, 0.29) is 0 Å². The van der Waals surface area contributed by atoms with E-state index in [1.54, 1.807) is 0 Å². The number of hydrogen-bond donors (Lipinski definition) is 0. The van der Waals surface area contributed by atoms with Crippen molar-refractivity contribution in [1.29, 1.82) is 0 Å². The van der Waals surface area contributed by atoms with E-state index in [0.717, 1.165) is 72.5 Å². The highest BCUT2D eigenvalue weighted by molar-refractivity contribution is 6.02. The van der Waals surface area contributed by atoms with E-state index in [1.165, 1.54) is 21.9 Å². The zero-order chi connectivity index (χ0) is 43.6. The number of aromatic nitrogens is 1. The molecule has 0 bridgehead atoms. The summed E-state index contributed by atoms with van der Waals surface area (Å²) < 4.78 is 13.5. The fourth-order valence-electron chi connectivity index (χ4n) is 10.6. The monoisotopic (exact) mass is 844 g/mol. The maximum absolute atomic E-state index is 6.90. The molecular formula is C62H40N2O2. The van der Waals surface area contributed by atoms with E-state index in [4.69, 9.17) is 14.5 Å². The lowest BCUT2D eigenvalue weighted by molar-refractivity contribution is 0.360. The molecule has 66 heavy (non-hydrogen) atoms. The number of benzene rings is 10. The van der Waals surface area contributed by atoms with Crippen molar-refractivity contribution in [2.45, 2.75) is 5.41 Å². The Morgan fingerprint density at radius 2 is 1.03 bits per heavy atom. The Balaban J connectivity index is 1.10. The van der Waals surface area contributed by atoms with Gasteiger partial charge in [-0.05, 0) is 122 Å². The van der Waals surface area contributed by atoms with E-state index >= 15 is 0 Å². The van der Waals surface area contributed by atoms with E-state index < -0.39 is 5.41 Å². The number of fused-ring (bicyclic) bond motifs is 8. The third kappa shape index (κ3) is 5.82. The van der Waals surface area contributed by atoms with Gasteiger partial charge in [0, 0.05) is 28.5 Å². The largest absolute Gasteiger partial charge is 0.449 e. The standard InChI is InChI=1S/C62H40N2O2/c1-4-18-42(19-5-1)52-39-44(34-35-50(52)49-29-16-21-41-20-10-11-27-48(41)49)62(53-30-13-12-28-51(53)59-54(62)36-37-58-61(59)66-57-33-15-14-32-56(57)65-58)45-38-43-22-17-31-55(60(43)63-40-45)64(46-23-6-2-7-24-46)47-25-8-3-9-26-47/h1-40H. The maximum Gasteiger partial charge on any atom is 0.178 e. The molecular weight excluding hydrogens is 805 g/mol. The van der Waals surface area contributed by atoms with E-state index in [1.807, 2.05) is 24.3 Å². The number of anilines is 3. The van der Waals surface area contributed by atoms with Crippen LogP contribution >= 0.6 is 0 Å². The normalized spacial score (nSPS) is 14.4. The second-order valence-electron chi connectivity index (χ2n) is 17.0. The lowest BCUT2D eigenvalue weighted by Gasteiger charge is -2.35. The smallest absolute Gasteiger partial charge is 0.178 e. The molecule has 0 fully saturated rings. The van der Waals surface area contributed by atoms with Crippen molar-refractivity contribution in [3.05, 3.63) is 265 Å². The number of nitrogens with zero attached hydrogens (tertiary/aromatic N) is 2. The van der Waals surface area contributed by atoms with Crippen LogP contribution in [0.1, 0.15) is 22.3 Å². The van der Waals surface area contributed by atoms with Crippen molar-refractivity contribution in [1.82, 2.24) is 4.98 Å². The van der Waals surface area contributed by atoms with Crippen molar-refractivity contribution in [2.24, 2.45) is 0 Å². The quantitative estimate of drug-likeness (QED) is 0.160. The van der Waals surface area contributed by atoms with Gasteiger partial charge in [-0.2, -0.15) is 0 Å². The number of hydrogen-bond acceptors (Lipinski definition) is 4. The second-order valence-corrected chi connectivity index (χ2v) is 17.0. The third-order valence-electron chi connectivity index (χ3n) is 13.4. The van der Waals surface area contributed by atoms with Crippen LogP contribution < -0.4 is 14.4 Å². The van der Waals surface area contributed by atoms with Crippen LogP contribution in [-0.2, 0) is 5.41 Å². The molecule has 310 valence electrons. The van der Waals surface area contributed by atoms with E-state index in [2.05, 4.69) is 223 Å². The van der Waals surface area contributed by atoms with Gasteiger partial charge in [0.25, 0.3) is 0 Å². The summed E-state index contributed by atoms with van der Waals surface area (Å²) in [7, 11) is 0. The van der Waals surface area contributed by atoms with Gasteiger partial charge in [-0.1, -0.05) is 176 Å². The molecule has 10 aromatic carbocycles. The zero-order valence-electron chi connectivity index (χ0n) is 35.8. The fraction of sp³-hybridized carbons (Fsp3) is 0.0161. The average molecular weight is 845 g/mol. The first-order chi connectivity index (χ1) is 32.7. The molecule has 0 saturated carbocycles. The van der Waals surface area contributed by atoms with Crippen molar-refractivity contribution >= 4 is 38.7 Å². The first-order valence-electron chi connectivity index (χ1n) is 22.4. The van der Waals surface area contributed by atoms with Crippen LogP contribution in [0.25, 0.3) is 55.1 Å². The summed E-state index contributed by atoms with van der Waals surface area (Å²) in [5.41, 5.74) is 14.4. The molecule has 2 heterocycles. The zero-order valence-corrected chi connectivity index (χ0v) is 35.8. The van der Waals surface area contributed by atoms with Gasteiger partial charge in [0.2, 0.25) is 0 Å². The van der Waals surface area contributed by atoms with Crippen LogP contribution in [0, 0.1) is 0 Å². The third-order valence-corrected chi connectivity index (χ3v) is 13.4. The van der Waals surface area contributed by atoms with Gasteiger partial charge in [0.15, 0.2) is 23.0 Å². The van der Waals surface area contributed by atoms with Crippen molar-refractivity contribution in [3.63, 3.8) is 0 Å². The van der Waals surface area contributed by atoms with Crippen LogP contribution in [-0.4, -0.2) is 4.98 Å². The Bertz CT molecular complexity index is 3620. The predicted octanol–water partition coefficient (Wildman–Crippen LogP) is 16.5. The van der Waals surface area contributed by atoms with Gasteiger partial charge in [0.1, 0.15) is 0 Å². The van der Waals surface area contributed by atoms with Crippen LogP contribution in [0.2, 0.25) is 0 Å². The lowest BCUT2D eigenvalue weighted by Crippen LogP contribution is -2.29. The predicted molar refractivity (Wildman–Crippen MR) is 269 cm³/mol. The lowest BCUT2D eigenvalue weighted by atomic mass is 9.67. The molecule has 4 nitrogen and oxygen atoms in total. The highest BCUT2D eigenvalue weighted by atomic mass is 16.6. The number of ether oxygens (including phenoxy) is 2. The molecule has 0 N–H and O–H groups in total. The van der Waals surface area contributed by atoms with Gasteiger partial charge >= 0.3 is 0 Å². The minimum absolute atomic E-state index is 0.692. The molecule has 0 amide bonds. The van der Waals surface area contributed by atoms with Crippen molar-refractivity contribution in [3.8, 4) is 56.4 Å².